The van der Waals surface area contributed by atoms with Gasteiger partial charge in [0.25, 0.3) is 0 Å². The number of nitrogen functional groups attached to an aromatic ring is 1. The van der Waals surface area contributed by atoms with Crippen LogP contribution in [0.4, 0.5) is 5.69 Å². The number of hydrogen-bond acceptors (Lipinski definition) is 5. The average Bonchev–Trinajstić information content (AvgIpc) is 3.08. The third-order valence-corrected chi connectivity index (χ3v) is 4.13. The molecule has 1 fully saturated rings. The molecule has 21 heavy (non-hydrogen) atoms. The Balaban J connectivity index is 1.68. The number of hydrogen-bond donors (Lipinski definition) is 1. The Hall–Kier alpha value is -1.47. The van der Waals surface area contributed by atoms with E-state index in [-0.39, 0.29) is 0 Å². The van der Waals surface area contributed by atoms with Gasteiger partial charge in [-0.25, -0.2) is 4.68 Å². The van der Waals surface area contributed by atoms with Crippen LogP contribution in [0.1, 0.15) is 25.7 Å². The Labute approximate surface area is 131 Å². The summed E-state index contributed by atoms with van der Waals surface area (Å²) in [5.74, 6) is 0.707. The van der Waals surface area contributed by atoms with Crippen LogP contribution in [0.5, 0.6) is 0 Å². The smallest absolute Gasteiger partial charge is 0.182 e. The topological polar surface area (TPSA) is 78.9 Å². The van der Waals surface area contributed by atoms with E-state index in [1.807, 2.05) is 18.2 Å². The summed E-state index contributed by atoms with van der Waals surface area (Å²) in [6.07, 6.45) is 5.30. The molecule has 1 aliphatic rings. The minimum atomic E-state index is 0.409. The van der Waals surface area contributed by atoms with E-state index in [0.717, 1.165) is 10.0 Å². The van der Waals surface area contributed by atoms with Crippen molar-refractivity contribution in [1.29, 1.82) is 0 Å². The zero-order chi connectivity index (χ0) is 14.7. The summed E-state index contributed by atoms with van der Waals surface area (Å²) in [5.41, 5.74) is 7.44. The first-order chi connectivity index (χ1) is 10.2. The maximum atomic E-state index is 5.87. The number of nitrogens with two attached hydrogens (primary N) is 1. The van der Waals surface area contributed by atoms with Gasteiger partial charge >= 0.3 is 0 Å². The van der Waals surface area contributed by atoms with Crippen molar-refractivity contribution in [2.45, 2.75) is 38.3 Å². The van der Waals surface area contributed by atoms with E-state index >= 15 is 0 Å². The molecule has 0 spiro atoms. The van der Waals surface area contributed by atoms with Crippen LogP contribution in [-0.4, -0.2) is 32.9 Å². The largest absolute Gasteiger partial charge is 0.399 e. The normalized spacial score (nSPS) is 15.7. The molecule has 1 aromatic heterocycles. The van der Waals surface area contributed by atoms with Crippen molar-refractivity contribution in [3.8, 4) is 11.4 Å². The van der Waals surface area contributed by atoms with Crippen LogP contribution in [0.15, 0.2) is 22.7 Å². The highest BCUT2D eigenvalue weighted by molar-refractivity contribution is 9.10. The van der Waals surface area contributed by atoms with E-state index in [9.17, 15) is 0 Å². The van der Waals surface area contributed by atoms with Crippen LogP contribution in [0.2, 0.25) is 0 Å². The number of rotatable bonds is 5. The molecule has 1 heterocycles. The first-order valence-electron chi connectivity index (χ1n) is 7.16. The second-order valence-corrected chi connectivity index (χ2v) is 6.19. The molecule has 112 valence electrons. The highest BCUT2D eigenvalue weighted by Gasteiger charge is 2.16. The number of nitrogens with zero attached hydrogens (tertiary/aromatic N) is 4. The molecule has 0 unspecified atom stereocenters. The van der Waals surface area contributed by atoms with Gasteiger partial charge in [-0.1, -0.05) is 28.8 Å². The zero-order valence-electron chi connectivity index (χ0n) is 11.7. The molecule has 0 atom stereocenters. The van der Waals surface area contributed by atoms with Crippen molar-refractivity contribution in [1.82, 2.24) is 20.2 Å². The zero-order valence-corrected chi connectivity index (χ0v) is 13.3. The highest BCUT2D eigenvalue weighted by Crippen LogP contribution is 2.24. The van der Waals surface area contributed by atoms with Crippen LogP contribution in [-0.2, 0) is 11.3 Å². The highest BCUT2D eigenvalue weighted by atomic mass is 79.9. The molecule has 0 radical (unpaired) electrons. The van der Waals surface area contributed by atoms with Gasteiger partial charge in [-0.05, 0) is 41.5 Å². The molecule has 0 bridgehead atoms. The first kappa shape index (κ1) is 14.5. The van der Waals surface area contributed by atoms with Gasteiger partial charge in [0.15, 0.2) is 5.82 Å². The Bertz CT molecular complexity index is 589. The minimum absolute atomic E-state index is 0.409. The summed E-state index contributed by atoms with van der Waals surface area (Å²) in [4.78, 5) is 0. The van der Waals surface area contributed by atoms with Gasteiger partial charge in [-0.2, -0.15) is 0 Å². The lowest BCUT2D eigenvalue weighted by molar-refractivity contribution is 0.0514. The molecule has 3 rings (SSSR count). The molecular formula is C14H18BrN5O. The van der Waals surface area contributed by atoms with Crippen LogP contribution < -0.4 is 5.73 Å². The van der Waals surface area contributed by atoms with Gasteiger partial charge in [0.05, 0.1) is 19.3 Å². The fraction of sp³-hybridized carbons (Fsp3) is 0.500. The molecule has 1 saturated carbocycles. The van der Waals surface area contributed by atoms with Crippen molar-refractivity contribution in [3.05, 3.63) is 22.7 Å². The molecule has 2 N–H and O–H groups in total. The van der Waals surface area contributed by atoms with Crippen molar-refractivity contribution >= 4 is 21.6 Å². The maximum absolute atomic E-state index is 5.87. The van der Waals surface area contributed by atoms with E-state index < -0.39 is 0 Å². The average molecular weight is 352 g/mol. The number of ether oxygens (including phenoxy) is 1. The molecular weight excluding hydrogens is 334 g/mol. The maximum Gasteiger partial charge on any atom is 0.182 e. The summed E-state index contributed by atoms with van der Waals surface area (Å²) in [5, 5.41) is 11.9. The predicted octanol–water partition coefficient (Wildman–Crippen LogP) is 2.64. The van der Waals surface area contributed by atoms with E-state index in [2.05, 4.69) is 31.5 Å². The lowest BCUT2D eigenvalue weighted by Crippen LogP contribution is -2.14. The Morgan fingerprint density at radius 1 is 1.29 bits per heavy atom. The number of benzene rings is 1. The van der Waals surface area contributed by atoms with Crippen LogP contribution in [0.25, 0.3) is 11.4 Å². The molecule has 0 aliphatic heterocycles. The number of aromatic nitrogens is 4. The molecule has 0 saturated heterocycles. The summed E-state index contributed by atoms with van der Waals surface area (Å²) in [6, 6.07) is 5.67. The van der Waals surface area contributed by atoms with Gasteiger partial charge in [0.1, 0.15) is 0 Å². The second-order valence-electron chi connectivity index (χ2n) is 5.28. The first-order valence-corrected chi connectivity index (χ1v) is 7.96. The summed E-state index contributed by atoms with van der Waals surface area (Å²) < 4.78 is 8.54. The van der Waals surface area contributed by atoms with E-state index in [4.69, 9.17) is 10.5 Å². The van der Waals surface area contributed by atoms with Gasteiger partial charge in [0.2, 0.25) is 0 Å². The SMILES string of the molecule is Nc1cc(Br)cc(-c2nnnn2CCOC2CCCC2)c1. The van der Waals surface area contributed by atoms with Crippen molar-refractivity contribution in [3.63, 3.8) is 0 Å². The fourth-order valence-electron chi connectivity index (χ4n) is 2.66. The van der Waals surface area contributed by atoms with Crippen LogP contribution >= 0.6 is 15.9 Å². The standard InChI is InChI=1S/C14H18BrN5O/c15-11-7-10(8-12(16)9-11)14-17-18-19-20(14)5-6-21-13-3-1-2-4-13/h7-9,13H,1-6,16H2. The summed E-state index contributed by atoms with van der Waals surface area (Å²) in [7, 11) is 0. The Morgan fingerprint density at radius 2 is 2.10 bits per heavy atom. The Morgan fingerprint density at radius 3 is 2.86 bits per heavy atom. The van der Waals surface area contributed by atoms with Crippen LogP contribution in [0.3, 0.4) is 0 Å². The van der Waals surface area contributed by atoms with E-state index in [1.165, 1.54) is 25.7 Å². The third kappa shape index (κ3) is 3.59. The van der Waals surface area contributed by atoms with Crippen LogP contribution in [0, 0.1) is 0 Å². The minimum Gasteiger partial charge on any atom is -0.399 e. The summed E-state index contributed by atoms with van der Waals surface area (Å²) in [6.45, 7) is 1.28. The molecule has 0 amide bonds. The van der Waals surface area contributed by atoms with Gasteiger partial charge in [-0.3, -0.25) is 0 Å². The quantitative estimate of drug-likeness (QED) is 0.837. The van der Waals surface area contributed by atoms with Crippen molar-refractivity contribution in [2.75, 3.05) is 12.3 Å². The summed E-state index contributed by atoms with van der Waals surface area (Å²) >= 11 is 3.44. The lowest BCUT2D eigenvalue weighted by Gasteiger charge is -2.11. The van der Waals surface area contributed by atoms with E-state index in [0.29, 0.717) is 30.8 Å². The van der Waals surface area contributed by atoms with E-state index in [1.54, 1.807) is 4.68 Å². The van der Waals surface area contributed by atoms with Gasteiger partial charge in [0, 0.05) is 15.7 Å². The number of halogens is 1. The van der Waals surface area contributed by atoms with Crippen molar-refractivity contribution in [2.24, 2.45) is 0 Å². The van der Waals surface area contributed by atoms with Gasteiger partial charge < -0.3 is 10.5 Å². The molecule has 7 heteroatoms. The molecule has 6 nitrogen and oxygen atoms in total. The lowest BCUT2D eigenvalue weighted by atomic mass is 10.2. The fourth-order valence-corrected chi connectivity index (χ4v) is 3.18. The number of tetrazole rings is 1. The monoisotopic (exact) mass is 351 g/mol. The predicted molar refractivity (Wildman–Crippen MR) is 83.6 cm³/mol. The van der Waals surface area contributed by atoms with Gasteiger partial charge in [-0.15, -0.1) is 5.10 Å². The molecule has 2 aromatic rings. The molecule has 1 aromatic carbocycles. The Kier molecular flexibility index (Phi) is 4.50. The molecule has 1 aliphatic carbocycles. The second kappa shape index (κ2) is 6.53. The van der Waals surface area contributed by atoms with Crippen molar-refractivity contribution < 1.29 is 4.74 Å². The number of anilines is 1. The third-order valence-electron chi connectivity index (χ3n) is 3.67.